The molecule has 22 heavy (non-hydrogen) atoms. The third-order valence-electron chi connectivity index (χ3n) is 5.79. The zero-order valence-electron chi connectivity index (χ0n) is 13.8. The van der Waals surface area contributed by atoms with Crippen LogP contribution in [0.15, 0.2) is 24.3 Å². The lowest BCUT2D eigenvalue weighted by molar-refractivity contribution is 0.158. The Morgan fingerprint density at radius 3 is 2.55 bits per heavy atom. The van der Waals surface area contributed by atoms with Crippen LogP contribution < -0.4 is 5.73 Å². The molecular weight excluding hydrogens is 272 g/mol. The fraction of sp³-hybridized carbons (Fsp3) is 0.579. The predicted octanol–water partition coefficient (Wildman–Crippen LogP) is 3.33. The number of nitrogens with two attached hydrogens (primary N) is 1. The predicted molar refractivity (Wildman–Crippen MR) is 92.0 cm³/mol. The number of hydrogen-bond donors (Lipinski definition) is 2. The molecule has 3 heteroatoms. The van der Waals surface area contributed by atoms with Crippen molar-refractivity contribution in [3.05, 3.63) is 35.5 Å². The quantitative estimate of drug-likeness (QED) is 0.910. The summed E-state index contributed by atoms with van der Waals surface area (Å²) in [7, 11) is 2.15. The molecule has 3 rings (SSSR count). The van der Waals surface area contributed by atoms with Crippen molar-refractivity contribution in [2.75, 3.05) is 13.2 Å². The Morgan fingerprint density at radius 2 is 1.91 bits per heavy atom. The summed E-state index contributed by atoms with van der Waals surface area (Å²) in [5.41, 5.74) is 10.3. The molecule has 0 aliphatic heterocycles. The van der Waals surface area contributed by atoms with Gasteiger partial charge in [0, 0.05) is 36.2 Å². The van der Waals surface area contributed by atoms with Gasteiger partial charge in [0.2, 0.25) is 0 Å². The van der Waals surface area contributed by atoms with Crippen LogP contribution in [-0.2, 0) is 7.05 Å². The molecule has 0 bridgehead atoms. The van der Waals surface area contributed by atoms with Gasteiger partial charge in [-0.25, -0.2) is 0 Å². The fourth-order valence-electron chi connectivity index (χ4n) is 4.34. The van der Waals surface area contributed by atoms with Gasteiger partial charge in [-0.2, -0.15) is 0 Å². The lowest BCUT2D eigenvalue weighted by atomic mass is 9.73. The number of aliphatic hydroxyl groups is 1. The van der Waals surface area contributed by atoms with Crippen LogP contribution in [0.4, 0.5) is 0 Å². The summed E-state index contributed by atoms with van der Waals surface area (Å²) >= 11 is 0. The van der Waals surface area contributed by atoms with E-state index < -0.39 is 0 Å². The first-order valence-electron chi connectivity index (χ1n) is 8.52. The van der Waals surface area contributed by atoms with Crippen molar-refractivity contribution in [3.8, 4) is 0 Å². The second kappa shape index (κ2) is 6.43. The molecular formula is C19H28N2O. The number of benzene rings is 1. The van der Waals surface area contributed by atoms with E-state index in [1.54, 1.807) is 0 Å². The summed E-state index contributed by atoms with van der Waals surface area (Å²) in [5, 5.41) is 10.7. The van der Waals surface area contributed by atoms with Crippen LogP contribution in [0.3, 0.4) is 0 Å². The molecule has 2 aromatic rings. The van der Waals surface area contributed by atoms with Gasteiger partial charge in [-0.05, 0) is 62.6 Å². The second-order valence-corrected chi connectivity index (χ2v) is 6.88. The lowest BCUT2D eigenvalue weighted by Gasteiger charge is -2.33. The molecule has 0 saturated heterocycles. The first-order valence-corrected chi connectivity index (χ1v) is 8.52. The Kier molecular flexibility index (Phi) is 4.55. The van der Waals surface area contributed by atoms with Crippen molar-refractivity contribution in [1.82, 2.24) is 4.57 Å². The fourth-order valence-corrected chi connectivity index (χ4v) is 4.34. The van der Waals surface area contributed by atoms with Crippen LogP contribution in [0.2, 0.25) is 0 Å². The maximum Gasteiger partial charge on any atom is 0.0482 e. The van der Waals surface area contributed by atoms with Crippen LogP contribution in [0, 0.1) is 18.8 Å². The highest BCUT2D eigenvalue weighted by Gasteiger charge is 2.30. The van der Waals surface area contributed by atoms with Crippen molar-refractivity contribution < 1.29 is 5.11 Å². The van der Waals surface area contributed by atoms with E-state index in [9.17, 15) is 5.11 Å². The summed E-state index contributed by atoms with van der Waals surface area (Å²) < 4.78 is 2.30. The van der Waals surface area contributed by atoms with Gasteiger partial charge < -0.3 is 15.4 Å². The first kappa shape index (κ1) is 15.6. The van der Waals surface area contributed by atoms with Gasteiger partial charge in [0.25, 0.3) is 0 Å². The van der Waals surface area contributed by atoms with Crippen molar-refractivity contribution in [2.45, 2.75) is 38.5 Å². The highest BCUT2D eigenvalue weighted by Crippen LogP contribution is 2.41. The summed E-state index contributed by atoms with van der Waals surface area (Å²) in [5.74, 6) is 1.59. The molecule has 1 saturated carbocycles. The van der Waals surface area contributed by atoms with Crippen molar-refractivity contribution in [2.24, 2.45) is 24.6 Å². The number of aromatic nitrogens is 1. The molecule has 1 atom stereocenters. The Morgan fingerprint density at radius 1 is 1.23 bits per heavy atom. The van der Waals surface area contributed by atoms with Crippen molar-refractivity contribution >= 4 is 10.9 Å². The third-order valence-corrected chi connectivity index (χ3v) is 5.79. The number of aryl methyl sites for hydroxylation is 1. The Labute approximate surface area is 133 Å². The molecule has 120 valence electrons. The Balaban J connectivity index is 1.96. The molecule has 1 fully saturated rings. The number of fused-ring (bicyclic) bond motifs is 1. The summed E-state index contributed by atoms with van der Waals surface area (Å²) in [6.45, 7) is 3.27. The molecule has 3 N–H and O–H groups in total. The second-order valence-electron chi connectivity index (χ2n) is 6.88. The summed E-state index contributed by atoms with van der Waals surface area (Å²) in [6, 6.07) is 8.67. The molecule has 3 nitrogen and oxygen atoms in total. The van der Waals surface area contributed by atoms with Gasteiger partial charge >= 0.3 is 0 Å². The van der Waals surface area contributed by atoms with E-state index in [1.807, 2.05) is 0 Å². The lowest BCUT2D eigenvalue weighted by Crippen LogP contribution is -2.27. The highest BCUT2D eigenvalue weighted by atomic mass is 16.3. The number of aliphatic hydroxyl groups excluding tert-OH is 1. The van der Waals surface area contributed by atoms with E-state index in [-0.39, 0.29) is 0 Å². The Hall–Kier alpha value is -1.32. The van der Waals surface area contributed by atoms with E-state index in [2.05, 4.69) is 42.8 Å². The third kappa shape index (κ3) is 2.57. The normalized spacial score (nSPS) is 23.8. The van der Waals surface area contributed by atoms with Gasteiger partial charge in [0.1, 0.15) is 0 Å². The molecule has 1 aromatic carbocycles. The zero-order valence-corrected chi connectivity index (χ0v) is 13.8. The average molecular weight is 300 g/mol. The summed E-state index contributed by atoms with van der Waals surface area (Å²) in [6.07, 6.45) is 4.66. The minimum absolute atomic E-state index is 0.341. The van der Waals surface area contributed by atoms with E-state index in [4.69, 9.17) is 5.73 Å². The largest absolute Gasteiger partial charge is 0.396 e. The average Bonchev–Trinajstić information content (AvgIpc) is 2.82. The van der Waals surface area contributed by atoms with Crippen LogP contribution in [-0.4, -0.2) is 22.8 Å². The van der Waals surface area contributed by atoms with Crippen molar-refractivity contribution in [1.29, 1.82) is 0 Å². The van der Waals surface area contributed by atoms with Gasteiger partial charge in [-0.3, -0.25) is 0 Å². The minimum atomic E-state index is 0.341. The zero-order chi connectivity index (χ0) is 15.7. The van der Waals surface area contributed by atoms with E-state index in [1.165, 1.54) is 35.0 Å². The standard InChI is InChI=1S/C19H28N2O/c1-13-19(16-5-3-4-6-18(16)21(13)2)17(11-20)15-9-7-14(12-22)8-10-15/h3-6,14-15,17,22H,7-12,20H2,1-2H3. The number of hydrogen-bond acceptors (Lipinski definition) is 2. The topological polar surface area (TPSA) is 51.2 Å². The first-order chi connectivity index (χ1) is 10.7. The number of rotatable bonds is 4. The maximum atomic E-state index is 9.35. The molecule has 1 heterocycles. The van der Waals surface area contributed by atoms with Crippen LogP contribution in [0.5, 0.6) is 0 Å². The SMILES string of the molecule is Cc1c(C(CN)C2CCC(CO)CC2)c2ccccc2n1C. The number of nitrogens with zero attached hydrogens (tertiary/aromatic N) is 1. The van der Waals surface area contributed by atoms with E-state index in [0.717, 1.165) is 12.8 Å². The van der Waals surface area contributed by atoms with Crippen molar-refractivity contribution in [3.63, 3.8) is 0 Å². The van der Waals surface area contributed by atoms with Gasteiger partial charge in [0.05, 0.1) is 0 Å². The van der Waals surface area contributed by atoms with Crippen LogP contribution >= 0.6 is 0 Å². The van der Waals surface area contributed by atoms with Crippen LogP contribution in [0.1, 0.15) is 42.9 Å². The highest BCUT2D eigenvalue weighted by molar-refractivity contribution is 5.86. The van der Waals surface area contributed by atoms with Gasteiger partial charge in [0.15, 0.2) is 0 Å². The monoisotopic (exact) mass is 300 g/mol. The summed E-state index contributed by atoms with van der Waals surface area (Å²) in [4.78, 5) is 0. The number of para-hydroxylation sites is 1. The molecule has 0 amide bonds. The molecule has 0 radical (unpaired) electrons. The molecule has 0 spiro atoms. The molecule has 1 unspecified atom stereocenters. The Bertz CT molecular complexity index is 638. The van der Waals surface area contributed by atoms with E-state index >= 15 is 0 Å². The molecule has 1 aliphatic carbocycles. The molecule has 1 aliphatic rings. The van der Waals surface area contributed by atoms with Crippen LogP contribution in [0.25, 0.3) is 10.9 Å². The minimum Gasteiger partial charge on any atom is -0.396 e. The van der Waals surface area contributed by atoms with Gasteiger partial charge in [-0.1, -0.05) is 18.2 Å². The smallest absolute Gasteiger partial charge is 0.0482 e. The van der Waals surface area contributed by atoms with E-state index in [0.29, 0.717) is 30.9 Å². The van der Waals surface area contributed by atoms with Gasteiger partial charge in [-0.15, -0.1) is 0 Å². The molecule has 1 aromatic heterocycles. The maximum absolute atomic E-state index is 9.35.